The Morgan fingerprint density at radius 3 is 2.07 bits per heavy atom. The molecule has 1 unspecified atom stereocenters. The molecule has 0 aromatic carbocycles. The maximum Gasteiger partial charge on any atom is 0.468 e. The normalized spacial score (nSPS) is 18.5. The molecule has 0 aliphatic heterocycles. The van der Waals surface area contributed by atoms with E-state index in [2.05, 4.69) is 28.7 Å². The van der Waals surface area contributed by atoms with Gasteiger partial charge in [-0.3, -0.25) is 0 Å². The van der Waals surface area contributed by atoms with Gasteiger partial charge in [0.15, 0.2) is 0 Å². The van der Waals surface area contributed by atoms with Crippen molar-refractivity contribution >= 4 is 24.6 Å². The summed E-state index contributed by atoms with van der Waals surface area (Å²) in [5.74, 6) is -10.8. The molecule has 0 N–H and O–H groups in total. The molecule has 1 rings (SSSR count). The highest BCUT2D eigenvalue weighted by molar-refractivity contribution is 7.81. The third-order valence-electron chi connectivity index (χ3n) is 3.63. The highest BCUT2D eigenvalue weighted by Crippen LogP contribution is 2.39. The number of hydrogen-bond donors (Lipinski definition) is 1. The van der Waals surface area contributed by atoms with Crippen molar-refractivity contribution in [2.45, 2.75) is 61.8 Å². The minimum atomic E-state index is -5.74. The molecule has 27 heavy (non-hydrogen) atoms. The van der Waals surface area contributed by atoms with Gasteiger partial charge in [0.2, 0.25) is 5.83 Å². The first-order valence-corrected chi connectivity index (χ1v) is 8.33. The predicted octanol–water partition coefficient (Wildman–Crippen LogP) is 4.08. The van der Waals surface area contributed by atoms with Gasteiger partial charge < -0.3 is 14.2 Å². The molecule has 1 fully saturated rings. The summed E-state index contributed by atoms with van der Waals surface area (Å²) in [4.78, 5) is 23.5. The molecule has 0 saturated heterocycles. The zero-order chi connectivity index (χ0) is 20.9. The van der Waals surface area contributed by atoms with Crippen LogP contribution in [0, 0.1) is 0 Å². The van der Waals surface area contributed by atoms with Crippen molar-refractivity contribution in [3.05, 3.63) is 12.4 Å². The van der Waals surface area contributed by atoms with E-state index in [1.54, 1.807) is 0 Å². The molecule has 1 saturated carbocycles. The van der Waals surface area contributed by atoms with Crippen LogP contribution in [0.2, 0.25) is 0 Å². The fourth-order valence-electron chi connectivity index (χ4n) is 2.30. The third kappa shape index (κ3) is 6.91. The lowest BCUT2D eigenvalue weighted by Crippen LogP contribution is -2.59. The molecule has 0 spiro atoms. The average molecular weight is 424 g/mol. The molecular weight excluding hydrogens is 406 g/mol. The van der Waals surface area contributed by atoms with Crippen LogP contribution in [0.1, 0.15) is 38.5 Å². The Bertz CT molecular complexity index is 556. The second-order valence-corrected chi connectivity index (χ2v) is 6.49. The van der Waals surface area contributed by atoms with E-state index >= 15 is 0 Å². The van der Waals surface area contributed by atoms with Crippen LogP contribution < -0.4 is 0 Å². The molecule has 1 aliphatic carbocycles. The number of ether oxygens (including phenoxy) is 3. The molecule has 0 radical (unpaired) electrons. The molecule has 12 heteroatoms. The van der Waals surface area contributed by atoms with E-state index in [1.807, 2.05) is 0 Å². The number of carbonyl (C=O) groups excluding carboxylic acids is 2. The Hall–Kier alpha value is -1.43. The number of rotatable bonds is 8. The van der Waals surface area contributed by atoms with Crippen LogP contribution in [0.25, 0.3) is 0 Å². The van der Waals surface area contributed by atoms with Gasteiger partial charge in [-0.05, 0) is 25.7 Å². The Balaban J connectivity index is 3.12. The van der Waals surface area contributed by atoms with Gasteiger partial charge in [0, 0.05) is 6.42 Å². The second-order valence-electron chi connectivity index (χ2n) is 5.84. The Kier molecular flexibility index (Phi) is 8.02. The Morgan fingerprint density at radius 1 is 1.07 bits per heavy atom. The van der Waals surface area contributed by atoms with Gasteiger partial charge in [-0.2, -0.15) is 26.3 Å². The van der Waals surface area contributed by atoms with Crippen LogP contribution in [-0.4, -0.2) is 41.9 Å². The van der Waals surface area contributed by atoms with Gasteiger partial charge in [-0.15, -0.1) is 12.6 Å². The first-order chi connectivity index (χ1) is 12.3. The van der Waals surface area contributed by atoms with Crippen LogP contribution in [0.5, 0.6) is 0 Å². The van der Waals surface area contributed by atoms with E-state index in [0.717, 1.165) is 6.42 Å². The first kappa shape index (κ1) is 23.6. The van der Waals surface area contributed by atoms with E-state index in [-0.39, 0.29) is 12.8 Å². The highest BCUT2D eigenvalue weighted by atomic mass is 32.1. The summed E-state index contributed by atoms with van der Waals surface area (Å²) in [6.07, 6.45) is -5.50. The van der Waals surface area contributed by atoms with Gasteiger partial charge in [-0.25, -0.2) is 9.59 Å². The summed E-state index contributed by atoms with van der Waals surface area (Å²) >= 11 is 2.82. The van der Waals surface area contributed by atoms with Crippen molar-refractivity contribution in [2.24, 2.45) is 0 Å². The molecule has 1 atom stereocenters. The number of esters is 2. The van der Waals surface area contributed by atoms with Crippen LogP contribution in [0.4, 0.5) is 26.3 Å². The predicted molar refractivity (Wildman–Crippen MR) is 82.6 cm³/mol. The number of carbonyl (C=O) groups is 2. The molecular formula is C15H18F6O5S. The molecule has 0 amide bonds. The molecule has 0 heterocycles. The number of alkyl halides is 5. The summed E-state index contributed by atoms with van der Waals surface area (Å²) < 4.78 is 91.9. The van der Waals surface area contributed by atoms with Crippen LogP contribution >= 0.6 is 12.6 Å². The number of halogens is 6. The lowest BCUT2D eigenvalue weighted by Gasteiger charge is -2.34. The van der Waals surface area contributed by atoms with E-state index in [1.165, 1.54) is 0 Å². The summed E-state index contributed by atoms with van der Waals surface area (Å²) in [6.45, 7) is 1.08. The summed E-state index contributed by atoms with van der Waals surface area (Å²) in [6, 6.07) is 0. The minimum Gasteiger partial charge on any atom is -0.457 e. The van der Waals surface area contributed by atoms with Gasteiger partial charge in [0.1, 0.15) is 6.10 Å². The van der Waals surface area contributed by atoms with Crippen molar-refractivity contribution in [2.75, 3.05) is 6.61 Å². The van der Waals surface area contributed by atoms with E-state index < -0.39 is 54.1 Å². The van der Waals surface area contributed by atoms with Crippen molar-refractivity contribution in [3.8, 4) is 0 Å². The maximum absolute atomic E-state index is 13.6. The van der Waals surface area contributed by atoms with Gasteiger partial charge >= 0.3 is 23.9 Å². The fourth-order valence-corrected chi connectivity index (χ4v) is 2.39. The van der Waals surface area contributed by atoms with Gasteiger partial charge in [-0.1, -0.05) is 13.0 Å². The molecule has 5 nitrogen and oxygen atoms in total. The monoisotopic (exact) mass is 424 g/mol. The molecule has 1 aliphatic rings. The molecule has 0 aromatic heterocycles. The lowest BCUT2D eigenvalue weighted by atomic mass is 9.98. The van der Waals surface area contributed by atoms with Crippen LogP contribution in [0.3, 0.4) is 0 Å². The summed E-state index contributed by atoms with van der Waals surface area (Å²) in [5.41, 5.74) is 0. The minimum absolute atomic E-state index is 0.262. The fraction of sp³-hybridized carbons (Fsp3) is 0.733. The highest BCUT2D eigenvalue weighted by Gasteiger charge is 2.68. The number of thiol groups is 1. The van der Waals surface area contributed by atoms with E-state index in [0.29, 0.717) is 12.8 Å². The van der Waals surface area contributed by atoms with E-state index in [4.69, 9.17) is 4.74 Å². The zero-order valence-electron chi connectivity index (χ0n) is 14.0. The first-order valence-electron chi connectivity index (χ1n) is 7.88. The maximum atomic E-state index is 13.6. The SMILES string of the molecule is C=C(F)C(=O)OC(OCCC(F)(F)S)(C(=O)OC1CCCCC1)C(F)(F)F. The second kappa shape index (κ2) is 9.18. The molecule has 0 aromatic rings. The van der Waals surface area contributed by atoms with Crippen LogP contribution in [-0.2, 0) is 23.8 Å². The lowest BCUT2D eigenvalue weighted by molar-refractivity contribution is -0.357. The summed E-state index contributed by atoms with van der Waals surface area (Å²) in [7, 11) is 0. The topological polar surface area (TPSA) is 61.8 Å². The van der Waals surface area contributed by atoms with Crippen molar-refractivity contribution in [3.63, 3.8) is 0 Å². The van der Waals surface area contributed by atoms with E-state index in [9.17, 15) is 35.9 Å². The molecule has 0 bridgehead atoms. The van der Waals surface area contributed by atoms with Crippen LogP contribution in [0.15, 0.2) is 12.4 Å². The van der Waals surface area contributed by atoms with Crippen molar-refractivity contribution in [1.82, 2.24) is 0 Å². The quantitative estimate of drug-likeness (QED) is 0.209. The molecule has 156 valence electrons. The third-order valence-corrected chi connectivity index (χ3v) is 3.86. The summed E-state index contributed by atoms with van der Waals surface area (Å²) in [5, 5.41) is -3.72. The zero-order valence-corrected chi connectivity index (χ0v) is 14.9. The van der Waals surface area contributed by atoms with Crippen molar-refractivity contribution < 1.29 is 50.1 Å². The average Bonchev–Trinajstić information content (AvgIpc) is 2.52. The largest absolute Gasteiger partial charge is 0.468 e. The number of hydrogen-bond acceptors (Lipinski definition) is 6. The smallest absolute Gasteiger partial charge is 0.457 e. The van der Waals surface area contributed by atoms with Crippen molar-refractivity contribution in [1.29, 1.82) is 0 Å². The Morgan fingerprint density at radius 2 is 1.63 bits per heavy atom. The Labute approximate surface area is 156 Å². The van der Waals surface area contributed by atoms with Gasteiger partial charge in [0.25, 0.3) is 5.25 Å². The van der Waals surface area contributed by atoms with Gasteiger partial charge in [0.05, 0.1) is 6.61 Å². The standard InChI is InChI=1S/C15H18F6O5S/c1-9(16)11(22)26-14(15(19,20)21,24-8-7-13(17,18)27)12(23)25-10-5-3-2-4-6-10/h10,27H,1-8H2.